The Labute approximate surface area is 80.5 Å². The molecular weight excluding hydrogens is 166 g/mol. The van der Waals surface area contributed by atoms with Crippen molar-refractivity contribution in [1.82, 2.24) is 5.32 Å². The van der Waals surface area contributed by atoms with Gasteiger partial charge in [-0.25, -0.2) is 0 Å². The van der Waals surface area contributed by atoms with Crippen molar-refractivity contribution in [3.63, 3.8) is 0 Å². The fourth-order valence-electron chi connectivity index (χ4n) is 0.967. The molecule has 0 spiro atoms. The third-order valence-corrected chi connectivity index (χ3v) is 2.28. The third kappa shape index (κ3) is 7.78. The van der Waals surface area contributed by atoms with Crippen molar-refractivity contribution in [2.24, 2.45) is 5.92 Å². The molecular formula is C10H21NO2. The zero-order valence-corrected chi connectivity index (χ0v) is 8.84. The van der Waals surface area contributed by atoms with Crippen molar-refractivity contribution in [1.29, 1.82) is 0 Å². The second kappa shape index (κ2) is 6.89. The van der Waals surface area contributed by atoms with E-state index in [-0.39, 0.29) is 6.42 Å². The Morgan fingerprint density at radius 1 is 1.31 bits per heavy atom. The van der Waals surface area contributed by atoms with Gasteiger partial charge in [-0.3, -0.25) is 4.79 Å². The van der Waals surface area contributed by atoms with Crippen molar-refractivity contribution in [2.45, 2.75) is 46.1 Å². The second-order valence-corrected chi connectivity index (χ2v) is 3.84. The van der Waals surface area contributed by atoms with Crippen molar-refractivity contribution in [3.8, 4) is 0 Å². The molecule has 0 saturated heterocycles. The van der Waals surface area contributed by atoms with Gasteiger partial charge < -0.3 is 10.4 Å². The van der Waals surface area contributed by atoms with E-state index in [2.05, 4.69) is 26.1 Å². The minimum atomic E-state index is -0.697. The molecule has 0 radical (unpaired) electrons. The van der Waals surface area contributed by atoms with Crippen LogP contribution in [0.4, 0.5) is 0 Å². The van der Waals surface area contributed by atoms with Gasteiger partial charge >= 0.3 is 5.97 Å². The Balaban J connectivity index is 3.21. The largest absolute Gasteiger partial charge is 0.481 e. The molecule has 13 heavy (non-hydrogen) atoms. The van der Waals surface area contributed by atoms with Crippen LogP contribution in [-0.2, 0) is 4.79 Å². The average molecular weight is 187 g/mol. The van der Waals surface area contributed by atoms with Crippen LogP contribution >= 0.6 is 0 Å². The molecule has 3 nitrogen and oxygen atoms in total. The summed E-state index contributed by atoms with van der Waals surface area (Å²) in [6, 6.07) is 0.518. The summed E-state index contributed by atoms with van der Waals surface area (Å²) in [7, 11) is 0. The number of unbranched alkanes of at least 4 members (excludes halogenated alkanes) is 1. The molecule has 3 heteroatoms. The van der Waals surface area contributed by atoms with Gasteiger partial charge in [0.15, 0.2) is 0 Å². The minimum absolute atomic E-state index is 0.289. The van der Waals surface area contributed by atoms with Crippen LogP contribution in [0, 0.1) is 5.92 Å². The van der Waals surface area contributed by atoms with Crippen LogP contribution in [-0.4, -0.2) is 23.7 Å². The lowest BCUT2D eigenvalue weighted by molar-refractivity contribution is -0.137. The number of hydrogen-bond acceptors (Lipinski definition) is 2. The first-order valence-electron chi connectivity index (χ1n) is 4.99. The molecule has 1 atom stereocenters. The molecule has 0 aromatic heterocycles. The first-order valence-corrected chi connectivity index (χ1v) is 4.99. The average Bonchev–Trinajstić information content (AvgIpc) is 2.02. The normalized spacial score (nSPS) is 13.2. The van der Waals surface area contributed by atoms with Crippen LogP contribution in [0.15, 0.2) is 0 Å². The molecule has 0 fully saturated rings. The lowest BCUT2D eigenvalue weighted by Crippen LogP contribution is -2.31. The van der Waals surface area contributed by atoms with Crippen LogP contribution < -0.4 is 5.32 Å². The molecule has 0 bridgehead atoms. The van der Waals surface area contributed by atoms with E-state index in [9.17, 15) is 4.79 Å². The van der Waals surface area contributed by atoms with E-state index in [4.69, 9.17) is 5.11 Å². The monoisotopic (exact) mass is 187 g/mol. The Hall–Kier alpha value is -0.570. The molecule has 0 aliphatic rings. The molecule has 0 aromatic rings. The Kier molecular flexibility index (Phi) is 6.59. The van der Waals surface area contributed by atoms with E-state index in [0.717, 1.165) is 19.4 Å². The summed E-state index contributed by atoms with van der Waals surface area (Å²) in [5, 5.41) is 11.8. The standard InChI is InChI=1S/C10H21NO2/c1-8(2)9(3)11-7-5-4-6-10(12)13/h8-9,11H,4-7H2,1-3H3,(H,12,13). The number of nitrogens with one attached hydrogen (secondary N) is 1. The Bertz CT molecular complexity index is 146. The van der Waals surface area contributed by atoms with Crippen molar-refractivity contribution >= 4 is 5.97 Å². The van der Waals surface area contributed by atoms with Gasteiger partial charge in [-0.1, -0.05) is 13.8 Å². The summed E-state index contributed by atoms with van der Waals surface area (Å²) in [6.07, 6.45) is 2.01. The van der Waals surface area contributed by atoms with Crippen LogP contribution in [0.3, 0.4) is 0 Å². The van der Waals surface area contributed by atoms with E-state index in [0.29, 0.717) is 12.0 Å². The van der Waals surface area contributed by atoms with E-state index in [1.807, 2.05) is 0 Å². The highest BCUT2D eigenvalue weighted by molar-refractivity contribution is 5.66. The highest BCUT2D eigenvalue weighted by Crippen LogP contribution is 2.00. The van der Waals surface area contributed by atoms with Crippen molar-refractivity contribution in [3.05, 3.63) is 0 Å². The molecule has 0 aliphatic carbocycles. The van der Waals surface area contributed by atoms with Crippen LogP contribution in [0.2, 0.25) is 0 Å². The highest BCUT2D eigenvalue weighted by Gasteiger charge is 2.04. The summed E-state index contributed by atoms with van der Waals surface area (Å²) in [5.74, 6) is -0.0589. The second-order valence-electron chi connectivity index (χ2n) is 3.84. The van der Waals surface area contributed by atoms with Crippen molar-refractivity contribution in [2.75, 3.05) is 6.54 Å². The molecule has 0 aliphatic heterocycles. The fourth-order valence-corrected chi connectivity index (χ4v) is 0.967. The maximum Gasteiger partial charge on any atom is 0.303 e. The smallest absolute Gasteiger partial charge is 0.303 e. The van der Waals surface area contributed by atoms with Gasteiger partial charge in [-0.2, -0.15) is 0 Å². The number of hydrogen-bond donors (Lipinski definition) is 2. The quantitative estimate of drug-likeness (QED) is 0.598. The topological polar surface area (TPSA) is 49.3 Å². The van der Waals surface area contributed by atoms with Gasteiger partial charge in [0.2, 0.25) is 0 Å². The molecule has 78 valence electrons. The van der Waals surface area contributed by atoms with Gasteiger partial charge in [0.25, 0.3) is 0 Å². The van der Waals surface area contributed by atoms with E-state index >= 15 is 0 Å². The molecule has 0 amide bonds. The van der Waals surface area contributed by atoms with Crippen LogP contribution in [0.1, 0.15) is 40.0 Å². The first-order chi connectivity index (χ1) is 6.04. The molecule has 0 aromatic carbocycles. The van der Waals surface area contributed by atoms with E-state index in [1.54, 1.807) is 0 Å². The summed E-state index contributed by atoms with van der Waals surface area (Å²) in [5.41, 5.74) is 0. The molecule has 2 N–H and O–H groups in total. The van der Waals surface area contributed by atoms with Crippen molar-refractivity contribution < 1.29 is 9.90 Å². The summed E-state index contributed by atoms with van der Waals surface area (Å²) >= 11 is 0. The predicted molar refractivity (Wildman–Crippen MR) is 53.8 cm³/mol. The molecule has 1 unspecified atom stereocenters. The summed E-state index contributed by atoms with van der Waals surface area (Å²) in [6.45, 7) is 7.43. The van der Waals surface area contributed by atoms with Crippen LogP contribution in [0.5, 0.6) is 0 Å². The maximum absolute atomic E-state index is 10.2. The molecule has 0 heterocycles. The Morgan fingerprint density at radius 2 is 1.92 bits per heavy atom. The zero-order chi connectivity index (χ0) is 10.3. The van der Waals surface area contributed by atoms with Gasteiger partial charge in [0, 0.05) is 12.5 Å². The lowest BCUT2D eigenvalue weighted by Gasteiger charge is -2.16. The number of carboxylic acids is 1. The maximum atomic E-state index is 10.2. The number of aliphatic carboxylic acids is 1. The van der Waals surface area contributed by atoms with E-state index in [1.165, 1.54) is 0 Å². The zero-order valence-electron chi connectivity index (χ0n) is 8.84. The van der Waals surface area contributed by atoms with E-state index < -0.39 is 5.97 Å². The predicted octanol–water partition coefficient (Wildman–Crippen LogP) is 1.88. The highest BCUT2D eigenvalue weighted by atomic mass is 16.4. The van der Waals surface area contributed by atoms with Gasteiger partial charge in [-0.05, 0) is 32.2 Å². The number of carbonyl (C=O) groups is 1. The minimum Gasteiger partial charge on any atom is -0.481 e. The summed E-state index contributed by atoms with van der Waals surface area (Å²) < 4.78 is 0. The van der Waals surface area contributed by atoms with Gasteiger partial charge in [0.05, 0.1) is 0 Å². The number of carboxylic acid groups (broad SMARTS) is 1. The number of rotatable bonds is 7. The fraction of sp³-hybridized carbons (Fsp3) is 0.900. The molecule has 0 saturated carbocycles. The first kappa shape index (κ1) is 12.4. The third-order valence-electron chi connectivity index (χ3n) is 2.28. The SMILES string of the molecule is CC(C)C(C)NCCCCC(=O)O. The van der Waals surface area contributed by atoms with Gasteiger partial charge in [0.1, 0.15) is 0 Å². The van der Waals surface area contributed by atoms with Crippen LogP contribution in [0.25, 0.3) is 0 Å². The van der Waals surface area contributed by atoms with Gasteiger partial charge in [-0.15, -0.1) is 0 Å². The lowest BCUT2D eigenvalue weighted by atomic mass is 10.1. The molecule has 0 rings (SSSR count). The summed E-state index contributed by atoms with van der Waals surface area (Å²) in [4.78, 5) is 10.2. The Morgan fingerprint density at radius 3 is 2.38 bits per heavy atom.